The van der Waals surface area contributed by atoms with Crippen molar-refractivity contribution < 1.29 is 4.92 Å². The van der Waals surface area contributed by atoms with Gasteiger partial charge in [0.1, 0.15) is 0 Å². The lowest BCUT2D eigenvalue weighted by atomic mass is 10.2. The molecule has 25 heavy (non-hydrogen) atoms. The van der Waals surface area contributed by atoms with Gasteiger partial charge in [-0.05, 0) is 29.9 Å². The molecule has 1 aliphatic rings. The number of nitro benzene ring substituents is 1. The molecule has 0 bridgehead atoms. The van der Waals surface area contributed by atoms with Gasteiger partial charge in [-0.2, -0.15) is 0 Å². The molecule has 6 nitrogen and oxygen atoms in total. The van der Waals surface area contributed by atoms with Crippen LogP contribution in [-0.4, -0.2) is 41.1 Å². The first-order valence-corrected chi connectivity index (χ1v) is 8.60. The predicted molar refractivity (Wildman–Crippen MR) is 103 cm³/mol. The number of thiocarbonyl (C=S) groups is 1. The maximum atomic E-state index is 10.7. The number of hydrogen-bond acceptors (Lipinski definition) is 4. The highest BCUT2D eigenvalue weighted by atomic mass is 32.1. The summed E-state index contributed by atoms with van der Waals surface area (Å²) in [5, 5.41) is 14.8. The topological polar surface area (TPSA) is 61.7 Å². The van der Waals surface area contributed by atoms with Crippen LogP contribution in [0.15, 0.2) is 54.6 Å². The van der Waals surface area contributed by atoms with E-state index in [0.29, 0.717) is 0 Å². The van der Waals surface area contributed by atoms with E-state index >= 15 is 0 Å². The van der Waals surface area contributed by atoms with E-state index in [4.69, 9.17) is 12.2 Å². The molecule has 0 unspecified atom stereocenters. The Morgan fingerprint density at radius 2 is 1.68 bits per heavy atom. The standard InChI is InChI=1S/C18H20N4O2S/c23-22(24)17-8-6-16(7-9-17)20-10-12-21(13-11-20)18(25)19-14-15-4-2-1-3-5-15/h1-9H,10-14H2,(H,19,25). The van der Waals surface area contributed by atoms with Gasteiger partial charge in [-0.3, -0.25) is 10.1 Å². The average Bonchev–Trinajstić information content (AvgIpc) is 2.67. The van der Waals surface area contributed by atoms with Crippen LogP contribution in [0.4, 0.5) is 11.4 Å². The number of non-ortho nitro benzene ring substituents is 1. The van der Waals surface area contributed by atoms with Crippen LogP contribution in [0.1, 0.15) is 5.56 Å². The monoisotopic (exact) mass is 356 g/mol. The lowest BCUT2D eigenvalue weighted by Crippen LogP contribution is -2.51. The van der Waals surface area contributed by atoms with E-state index in [9.17, 15) is 10.1 Å². The summed E-state index contributed by atoms with van der Waals surface area (Å²) in [7, 11) is 0. The van der Waals surface area contributed by atoms with Crippen LogP contribution in [0.3, 0.4) is 0 Å². The SMILES string of the molecule is O=[N+]([O-])c1ccc(N2CCN(C(=S)NCc3ccccc3)CC2)cc1. The van der Waals surface area contributed by atoms with E-state index in [2.05, 4.69) is 27.2 Å². The molecule has 0 amide bonds. The Labute approximate surface area is 152 Å². The number of benzene rings is 2. The van der Waals surface area contributed by atoms with Crippen molar-refractivity contribution in [1.82, 2.24) is 10.2 Å². The van der Waals surface area contributed by atoms with Crippen LogP contribution in [0.2, 0.25) is 0 Å². The zero-order valence-corrected chi connectivity index (χ0v) is 14.6. The summed E-state index contributed by atoms with van der Waals surface area (Å²) in [5.74, 6) is 0. The molecule has 7 heteroatoms. The predicted octanol–water partition coefficient (Wildman–Crippen LogP) is 2.79. The van der Waals surface area contributed by atoms with Crippen LogP contribution in [0, 0.1) is 10.1 Å². The molecule has 1 aliphatic heterocycles. The van der Waals surface area contributed by atoms with Gasteiger partial charge in [0, 0.05) is 50.5 Å². The summed E-state index contributed by atoms with van der Waals surface area (Å²) in [6, 6.07) is 16.9. The molecule has 1 heterocycles. The molecule has 1 N–H and O–H groups in total. The fraction of sp³-hybridized carbons (Fsp3) is 0.278. The van der Waals surface area contributed by atoms with Gasteiger partial charge in [0.05, 0.1) is 4.92 Å². The second-order valence-corrected chi connectivity index (χ2v) is 6.28. The summed E-state index contributed by atoms with van der Waals surface area (Å²) >= 11 is 5.50. The number of anilines is 1. The Morgan fingerprint density at radius 1 is 1.04 bits per heavy atom. The summed E-state index contributed by atoms with van der Waals surface area (Å²) < 4.78 is 0. The van der Waals surface area contributed by atoms with Gasteiger partial charge in [-0.25, -0.2) is 0 Å². The number of nitrogens with zero attached hydrogens (tertiary/aromatic N) is 3. The van der Waals surface area contributed by atoms with E-state index in [1.807, 2.05) is 18.2 Å². The Bertz CT molecular complexity index is 729. The molecule has 1 fully saturated rings. The lowest BCUT2D eigenvalue weighted by molar-refractivity contribution is -0.384. The maximum absolute atomic E-state index is 10.7. The Hall–Kier alpha value is -2.67. The van der Waals surface area contributed by atoms with Crippen molar-refractivity contribution in [1.29, 1.82) is 0 Å². The minimum atomic E-state index is -0.376. The van der Waals surface area contributed by atoms with Gasteiger partial charge in [0.2, 0.25) is 0 Å². The second-order valence-electron chi connectivity index (χ2n) is 5.89. The fourth-order valence-electron chi connectivity index (χ4n) is 2.84. The van der Waals surface area contributed by atoms with E-state index in [1.165, 1.54) is 5.56 Å². The molecule has 0 spiro atoms. The Kier molecular flexibility index (Phi) is 5.45. The highest BCUT2D eigenvalue weighted by Crippen LogP contribution is 2.20. The summed E-state index contributed by atoms with van der Waals surface area (Å²) in [5.41, 5.74) is 2.33. The number of nitrogens with one attached hydrogen (secondary N) is 1. The summed E-state index contributed by atoms with van der Waals surface area (Å²) in [6.07, 6.45) is 0. The van der Waals surface area contributed by atoms with E-state index in [0.717, 1.165) is 43.5 Å². The van der Waals surface area contributed by atoms with Gasteiger partial charge >= 0.3 is 0 Å². The van der Waals surface area contributed by atoms with Crippen molar-refractivity contribution in [3.05, 3.63) is 70.3 Å². The Balaban J connectivity index is 1.49. The quantitative estimate of drug-likeness (QED) is 0.516. The third-order valence-electron chi connectivity index (χ3n) is 4.28. The van der Waals surface area contributed by atoms with Gasteiger partial charge < -0.3 is 15.1 Å². The largest absolute Gasteiger partial charge is 0.368 e. The van der Waals surface area contributed by atoms with Crippen molar-refractivity contribution >= 4 is 28.7 Å². The van der Waals surface area contributed by atoms with E-state index in [-0.39, 0.29) is 10.6 Å². The molecule has 0 atom stereocenters. The van der Waals surface area contributed by atoms with Gasteiger partial charge in [-0.1, -0.05) is 30.3 Å². The van der Waals surface area contributed by atoms with E-state index < -0.39 is 0 Å². The minimum Gasteiger partial charge on any atom is -0.368 e. The lowest BCUT2D eigenvalue weighted by Gasteiger charge is -2.37. The summed E-state index contributed by atoms with van der Waals surface area (Å²) in [4.78, 5) is 14.7. The highest BCUT2D eigenvalue weighted by molar-refractivity contribution is 7.80. The molecule has 0 aromatic heterocycles. The zero-order chi connectivity index (χ0) is 17.6. The fourth-order valence-corrected chi connectivity index (χ4v) is 3.09. The number of nitro groups is 1. The van der Waals surface area contributed by atoms with Crippen LogP contribution < -0.4 is 10.2 Å². The van der Waals surface area contributed by atoms with Gasteiger partial charge in [0.15, 0.2) is 5.11 Å². The van der Waals surface area contributed by atoms with Crippen molar-refractivity contribution in [2.24, 2.45) is 0 Å². The molecule has 3 rings (SSSR count). The number of hydrogen-bond donors (Lipinski definition) is 1. The number of rotatable bonds is 4. The van der Waals surface area contributed by atoms with Gasteiger partial charge in [-0.15, -0.1) is 0 Å². The molecular formula is C18H20N4O2S. The first-order chi connectivity index (χ1) is 12.1. The first kappa shape index (κ1) is 17.2. The zero-order valence-electron chi connectivity index (χ0n) is 13.8. The summed E-state index contributed by atoms with van der Waals surface area (Å²) in [6.45, 7) is 4.06. The van der Waals surface area contributed by atoms with Crippen molar-refractivity contribution in [2.75, 3.05) is 31.1 Å². The molecule has 0 aliphatic carbocycles. The molecule has 2 aromatic rings. The highest BCUT2D eigenvalue weighted by Gasteiger charge is 2.19. The molecule has 0 saturated carbocycles. The minimum absolute atomic E-state index is 0.119. The van der Waals surface area contributed by atoms with Crippen LogP contribution >= 0.6 is 12.2 Å². The second kappa shape index (κ2) is 7.94. The Morgan fingerprint density at radius 3 is 2.28 bits per heavy atom. The molecular weight excluding hydrogens is 336 g/mol. The molecule has 1 saturated heterocycles. The van der Waals surface area contributed by atoms with Gasteiger partial charge in [0.25, 0.3) is 5.69 Å². The maximum Gasteiger partial charge on any atom is 0.269 e. The third-order valence-corrected chi connectivity index (χ3v) is 4.68. The molecule has 2 aromatic carbocycles. The van der Waals surface area contributed by atoms with Crippen molar-refractivity contribution in [3.8, 4) is 0 Å². The smallest absolute Gasteiger partial charge is 0.269 e. The van der Waals surface area contributed by atoms with E-state index in [1.54, 1.807) is 24.3 Å². The molecule has 0 radical (unpaired) electrons. The van der Waals surface area contributed by atoms with Crippen molar-refractivity contribution in [2.45, 2.75) is 6.54 Å². The normalized spacial score (nSPS) is 14.2. The third kappa shape index (κ3) is 4.45. The van der Waals surface area contributed by atoms with Crippen LogP contribution in [-0.2, 0) is 6.54 Å². The molecule has 130 valence electrons. The van der Waals surface area contributed by atoms with Crippen molar-refractivity contribution in [3.63, 3.8) is 0 Å². The van der Waals surface area contributed by atoms with Crippen LogP contribution in [0.25, 0.3) is 0 Å². The average molecular weight is 356 g/mol. The number of piperazine rings is 1. The van der Waals surface area contributed by atoms with Crippen LogP contribution in [0.5, 0.6) is 0 Å². The first-order valence-electron chi connectivity index (χ1n) is 8.19.